The molecule has 1 N–H and O–H groups in total. The van der Waals surface area contributed by atoms with Crippen LogP contribution in [0.2, 0.25) is 0 Å². The van der Waals surface area contributed by atoms with E-state index in [2.05, 4.69) is 15.4 Å². The van der Waals surface area contributed by atoms with Crippen LogP contribution in [0.3, 0.4) is 0 Å². The standard InChI is InChI=1S/C17H14F2N4O3S/c1-10-14(15-20-7-2-8-23(15)22-10)16(25)26-9-13(24)21-11-3-5-12(6-4-11)27-17(18)19/h2-8,17H,9H2,1H3,(H,21,24). The number of hydrogen-bond donors (Lipinski definition) is 1. The van der Waals surface area contributed by atoms with Gasteiger partial charge in [-0.25, -0.2) is 14.3 Å². The molecule has 27 heavy (non-hydrogen) atoms. The van der Waals surface area contributed by atoms with Crippen molar-refractivity contribution in [2.75, 3.05) is 11.9 Å². The Hall–Kier alpha value is -3.01. The largest absolute Gasteiger partial charge is 0.452 e. The van der Waals surface area contributed by atoms with Crippen LogP contribution in [0.15, 0.2) is 47.6 Å². The Balaban J connectivity index is 1.58. The molecular formula is C17H14F2N4O3S. The first-order valence-corrected chi connectivity index (χ1v) is 8.64. The maximum Gasteiger partial charge on any atom is 0.344 e. The first-order valence-electron chi connectivity index (χ1n) is 7.76. The highest BCUT2D eigenvalue weighted by Crippen LogP contribution is 2.26. The van der Waals surface area contributed by atoms with Gasteiger partial charge in [-0.1, -0.05) is 11.8 Å². The summed E-state index contributed by atoms with van der Waals surface area (Å²) in [6.07, 6.45) is 3.17. The number of fused-ring (bicyclic) bond motifs is 1. The number of benzene rings is 1. The van der Waals surface area contributed by atoms with Gasteiger partial charge in [0.2, 0.25) is 0 Å². The van der Waals surface area contributed by atoms with Crippen molar-refractivity contribution in [1.29, 1.82) is 0 Å². The minimum Gasteiger partial charge on any atom is -0.452 e. The quantitative estimate of drug-likeness (QED) is 0.512. The molecule has 0 fully saturated rings. The van der Waals surface area contributed by atoms with Crippen LogP contribution < -0.4 is 5.32 Å². The predicted molar refractivity (Wildman–Crippen MR) is 94.9 cm³/mol. The molecule has 2 heterocycles. The van der Waals surface area contributed by atoms with Crippen molar-refractivity contribution >= 4 is 35.0 Å². The molecule has 0 aliphatic heterocycles. The van der Waals surface area contributed by atoms with Gasteiger partial charge in [0.15, 0.2) is 12.3 Å². The van der Waals surface area contributed by atoms with E-state index in [0.29, 0.717) is 33.7 Å². The Bertz CT molecular complexity index is 976. The number of ether oxygens (including phenoxy) is 1. The van der Waals surface area contributed by atoms with Crippen molar-refractivity contribution in [1.82, 2.24) is 14.6 Å². The minimum atomic E-state index is -2.51. The summed E-state index contributed by atoms with van der Waals surface area (Å²) in [5, 5.41) is 6.68. The number of amides is 1. The van der Waals surface area contributed by atoms with E-state index < -0.39 is 24.2 Å². The zero-order valence-electron chi connectivity index (χ0n) is 14.1. The van der Waals surface area contributed by atoms with E-state index in [1.807, 2.05) is 0 Å². The molecule has 0 spiro atoms. The van der Waals surface area contributed by atoms with Crippen LogP contribution in [-0.2, 0) is 9.53 Å². The van der Waals surface area contributed by atoms with E-state index in [-0.39, 0.29) is 5.56 Å². The summed E-state index contributed by atoms with van der Waals surface area (Å²) in [6.45, 7) is 1.14. The van der Waals surface area contributed by atoms with Gasteiger partial charge in [-0.15, -0.1) is 0 Å². The lowest BCUT2D eigenvalue weighted by atomic mass is 10.2. The first kappa shape index (κ1) is 18.8. The molecule has 2 aromatic heterocycles. The fourth-order valence-corrected chi connectivity index (χ4v) is 2.85. The topological polar surface area (TPSA) is 85.6 Å². The number of aromatic nitrogens is 3. The molecule has 0 bridgehead atoms. The Morgan fingerprint density at radius 1 is 1.30 bits per heavy atom. The molecule has 3 aromatic rings. The number of hydrogen-bond acceptors (Lipinski definition) is 6. The molecule has 10 heteroatoms. The van der Waals surface area contributed by atoms with E-state index in [0.717, 1.165) is 0 Å². The number of nitrogens with zero attached hydrogens (tertiary/aromatic N) is 3. The van der Waals surface area contributed by atoms with Crippen molar-refractivity contribution in [3.8, 4) is 0 Å². The van der Waals surface area contributed by atoms with Crippen molar-refractivity contribution in [2.24, 2.45) is 0 Å². The summed E-state index contributed by atoms with van der Waals surface area (Å²) < 4.78 is 31.1. The van der Waals surface area contributed by atoms with E-state index in [1.54, 1.807) is 19.2 Å². The number of thioether (sulfide) groups is 1. The van der Waals surface area contributed by atoms with Crippen LogP contribution in [0.5, 0.6) is 0 Å². The highest BCUT2D eigenvalue weighted by atomic mass is 32.2. The van der Waals surface area contributed by atoms with Crippen molar-refractivity contribution in [3.63, 3.8) is 0 Å². The second-order valence-electron chi connectivity index (χ2n) is 5.38. The van der Waals surface area contributed by atoms with Gasteiger partial charge >= 0.3 is 5.97 Å². The van der Waals surface area contributed by atoms with Crippen molar-refractivity contribution < 1.29 is 23.1 Å². The SMILES string of the molecule is Cc1nn2cccnc2c1C(=O)OCC(=O)Nc1ccc(SC(F)F)cc1. The van der Waals surface area contributed by atoms with E-state index in [4.69, 9.17) is 4.74 Å². The Morgan fingerprint density at radius 3 is 2.74 bits per heavy atom. The minimum absolute atomic E-state index is 0.191. The first-order chi connectivity index (χ1) is 12.9. The number of aryl methyl sites for hydroxylation is 1. The molecule has 3 rings (SSSR count). The number of halogens is 2. The molecule has 0 aliphatic rings. The molecular weight excluding hydrogens is 378 g/mol. The number of esters is 1. The Kier molecular flexibility index (Phi) is 5.65. The van der Waals surface area contributed by atoms with Gasteiger partial charge in [0.1, 0.15) is 5.56 Å². The number of carbonyl (C=O) groups is 2. The van der Waals surface area contributed by atoms with Crippen molar-refractivity contribution in [2.45, 2.75) is 17.6 Å². The molecule has 140 valence electrons. The van der Waals surface area contributed by atoms with E-state index >= 15 is 0 Å². The van der Waals surface area contributed by atoms with Gasteiger partial charge < -0.3 is 10.1 Å². The molecule has 0 saturated heterocycles. The molecule has 0 atom stereocenters. The third-order valence-corrected chi connectivity index (χ3v) is 4.19. The third-order valence-electron chi connectivity index (χ3n) is 3.47. The smallest absolute Gasteiger partial charge is 0.344 e. The molecule has 0 aliphatic carbocycles. The molecule has 7 nitrogen and oxygen atoms in total. The number of rotatable bonds is 6. The van der Waals surface area contributed by atoms with Crippen LogP contribution in [0, 0.1) is 6.92 Å². The normalized spacial score (nSPS) is 11.0. The second-order valence-corrected chi connectivity index (χ2v) is 6.44. The summed E-state index contributed by atoms with van der Waals surface area (Å²) in [5.74, 6) is -3.78. The zero-order valence-corrected chi connectivity index (χ0v) is 14.9. The van der Waals surface area contributed by atoms with E-state index in [1.165, 1.54) is 35.0 Å². The number of anilines is 1. The molecule has 0 unspecified atom stereocenters. The number of alkyl halides is 2. The lowest BCUT2D eigenvalue weighted by Gasteiger charge is -2.07. The van der Waals surface area contributed by atoms with Gasteiger partial charge in [0.05, 0.1) is 5.69 Å². The van der Waals surface area contributed by atoms with Crippen LogP contribution in [0.25, 0.3) is 5.65 Å². The summed E-state index contributed by atoms with van der Waals surface area (Å²) in [6, 6.07) is 7.58. The van der Waals surface area contributed by atoms with Gasteiger partial charge in [0, 0.05) is 23.0 Å². The van der Waals surface area contributed by atoms with Gasteiger partial charge in [0.25, 0.3) is 11.7 Å². The Morgan fingerprint density at radius 2 is 2.04 bits per heavy atom. The monoisotopic (exact) mass is 392 g/mol. The summed E-state index contributed by atoms with van der Waals surface area (Å²) in [7, 11) is 0. The second kappa shape index (κ2) is 8.12. The third kappa shape index (κ3) is 4.59. The van der Waals surface area contributed by atoms with Crippen molar-refractivity contribution in [3.05, 3.63) is 54.0 Å². The zero-order chi connectivity index (χ0) is 19.4. The predicted octanol–water partition coefficient (Wildman–Crippen LogP) is 3.15. The highest BCUT2D eigenvalue weighted by molar-refractivity contribution is 7.99. The number of nitrogens with one attached hydrogen (secondary N) is 1. The summed E-state index contributed by atoms with van der Waals surface area (Å²) >= 11 is 0.412. The van der Waals surface area contributed by atoms with Gasteiger partial charge in [-0.3, -0.25) is 4.79 Å². The van der Waals surface area contributed by atoms with E-state index in [9.17, 15) is 18.4 Å². The summed E-state index contributed by atoms with van der Waals surface area (Å²) in [4.78, 5) is 28.7. The highest BCUT2D eigenvalue weighted by Gasteiger charge is 2.20. The fraction of sp³-hybridized carbons (Fsp3) is 0.176. The average Bonchev–Trinajstić information content (AvgIpc) is 2.97. The molecule has 0 saturated carbocycles. The Labute approximate surface area is 156 Å². The maximum absolute atomic E-state index is 12.3. The fourth-order valence-electron chi connectivity index (χ4n) is 2.36. The number of carbonyl (C=O) groups excluding carboxylic acids is 2. The maximum atomic E-state index is 12.3. The molecule has 0 radical (unpaired) electrons. The van der Waals surface area contributed by atoms with Gasteiger partial charge in [-0.2, -0.15) is 13.9 Å². The average molecular weight is 392 g/mol. The van der Waals surface area contributed by atoms with Crippen LogP contribution in [-0.4, -0.2) is 38.8 Å². The lowest BCUT2D eigenvalue weighted by Crippen LogP contribution is -2.21. The van der Waals surface area contributed by atoms with Crippen LogP contribution >= 0.6 is 11.8 Å². The lowest BCUT2D eigenvalue weighted by molar-refractivity contribution is -0.119. The van der Waals surface area contributed by atoms with Crippen LogP contribution in [0.1, 0.15) is 16.1 Å². The molecule has 1 aromatic carbocycles. The van der Waals surface area contributed by atoms with Crippen LogP contribution in [0.4, 0.5) is 14.5 Å². The van der Waals surface area contributed by atoms with Gasteiger partial charge in [-0.05, 0) is 37.3 Å². The molecule has 1 amide bonds. The summed E-state index contributed by atoms with van der Waals surface area (Å²) in [5.41, 5.74) is 1.37.